The molecule has 1 N–H and O–H groups in total. The van der Waals surface area contributed by atoms with Crippen molar-refractivity contribution in [3.05, 3.63) is 66.4 Å². The molecule has 3 rings (SSSR count). The van der Waals surface area contributed by atoms with Crippen LogP contribution in [-0.2, 0) is 6.42 Å². The van der Waals surface area contributed by atoms with E-state index in [4.69, 9.17) is 0 Å². The predicted octanol–water partition coefficient (Wildman–Crippen LogP) is 4.59. The number of aromatic hydroxyl groups is 1. The molecule has 2 aromatic carbocycles. The van der Waals surface area contributed by atoms with E-state index in [9.17, 15) is 5.11 Å². The summed E-state index contributed by atoms with van der Waals surface area (Å²) in [7, 11) is 0. The Balaban J connectivity index is 2.12. The molecule has 0 atom stereocenters. The van der Waals surface area contributed by atoms with Gasteiger partial charge in [0.25, 0.3) is 0 Å². The van der Waals surface area contributed by atoms with Gasteiger partial charge in [0.2, 0.25) is 0 Å². The number of aromatic nitrogens is 2. The van der Waals surface area contributed by atoms with Crippen molar-refractivity contribution in [2.45, 2.75) is 26.2 Å². The number of rotatable bonds is 5. The highest BCUT2D eigenvalue weighted by Gasteiger charge is 2.18. The van der Waals surface area contributed by atoms with E-state index in [1.54, 1.807) is 0 Å². The van der Waals surface area contributed by atoms with E-state index in [1.165, 1.54) is 0 Å². The number of unbranched alkanes of at least 4 members (excludes halogenated alkanes) is 1. The number of benzene rings is 2. The van der Waals surface area contributed by atoms with Gasteiger partial charge in [0.1, 0.15) is 5.69 Å². The molecule has 0 aliphatic carbocycles. The van der Waals surface area contributed by atoms with Crippen molar-refractivity contribution in [3.63, 3.8) is 0 Å². The highest BCUT2D eigenvalue weighted by Crippen LogP contribution is 2.33. The third kappa shape index (κ3) is 2.75. The van der Waals surface area contributed by atoms with Crippen LogP contribution in [0.3, 0.4) is 0 Å². The molecule has 3 heteroatoms. The first-order valence-electron chi connectivity index (χ1n) is 7.73. The van der Waals surface area contributed by atoms with E-state index in [0.717, 1.165) is 36.2 Å². The van der Waals surface area contributed by atoms with Crippen molar-refractivity contribution in [1.82, 2.24) is 9.78 Å². The third-order valence-corrected chi connectivity index (χ3v) is 3.77. The molecular formula is C19H20N2O. The van der Waals surface area contributed by atoms with Crippen LogP contribution in [0.5, 0.6) is 5.75 Å². The van der Waals surface area contributed by atoms with Crippen LogP contribution < -0.4 is 0 Å². The molecule has 0 fully saturated rings. The van der Waals surface area contributed by atoms with E-state index in [1.807, 2.05) is 65.3 Å². The average molecular weight is 292 g/mol. The summed E-state index contributed by atoms with van der Waals surface area (Å²) in [5.74, 6) is 0.295. The van der Waals surface area contributed by atoms with Gasteiger partial charge in [-0.25, -0.2) is 4.68 Å². The van der Waals surface area contributed by atoms with Gasteiger partial charge in [-0.2, -0.15) is 5.10 Å². The molecule has 0 amide bonds. The second-order valence-electron chi connectivity index (χ2n) is 5.36. The maximum Gasteiger partial charge on any atom is 0.165 e. The molecule has 0 bridgehead atoms. The van der Waals surface area contributed by atoms with Crippen molar-refractivity contribution in [2.24, 2.45) is 0 Å². The van der Waals surface area contributed by atoms with Crippen LogP contribution in [0, 0.1) is 0 Å². The van der Waals surface area contributed by atoms with Crippen LogP contribution in [0.25, 0.3) is 16.9 Å². The Morgan fingerprint density at radius 2 is 1.59 bits per heavy atom. The highest BCUT2D eigenvalue weighted by molar-refractivity contribution is 5.67. The average Bonchev–Trinajstić information content (AvgIpc) is 2.91. The Morgan fingerprint density at radius 1 is 0.955 bits per heavy atom. The maximum atomic E-state index is 10.7. The molecule has 0 aliphatic heterocycles. The van der Waals surface area contributed by atoms with Crippen LogP contribution in [0.4, 0.5) is 0 Å². The molecule has 0 saturated carbocycles. The molecule has 112 valence electrons. The Bertz CT molecular complexity index is 733. The zero-order valence-corrected chi connectivity index (χ0v) is 12.7. The standard InChI is InChI=1S/C19H20N2O/c1-2-3-14-17-19(22)18(15-10-6-4-7-11-15)20-21(17)16-12-8-5-9-13-16/h4-13,22H,2-3,14H2,1H3. The second kappa shape index (κ2) is 6.48. The summed E-state index contributed by atoms with van der Waals surface area (Å²) >= 11 is 0. The van der Waals surface area contributed by atoms with Gasteiger partial charge in [0.15, 0.2) is 5.75 Å². The lowest BCUT2D eigenvalue weighted by molar-refractivity contribution is 0.467. The fraction of sp³-hybridized carbons (Fsp3) is 0.211. The minimum atomic E-state index is 0.295. The molecular weight excluding hydrogens is 272 g/mol. The van der Waals surface area contributed by atoms with Crippen LogP contribution in [0.15, 0.2) is 60.7 Å². The molecule has 1 aromatic heterocycles. The van der Waals surface area contributed by atoms with Crippen molar-refractivity contribution in [3.8, 4) is 22.7 Å². The molecule has 0 radical (unpaired) electrons. The van der Waals surface area contributed by atoms with Gasteiger partial charge in [-0.1, -0.05) is 61.9 Å². The minimum Gasteiger partial charge on any atom is -0.504 e. The maximum absolute atomic E-state index is 10.7. The Kier molecular flexibility index (Phi) is 4.24. The van der Waals surface area contributed by atoms with E-state index in [2.05, 4.69) is 12.0 Å². The first-order chi connectivity index (χ1) is 10.8. The van der Waals surface area contributed by atoms with E-state index in [-0.39, 0.29) is 0 Å². The van der Waals surface area contributed by atoms with Crippen LogP contribution >= 0.6 is 0 Å². The predicted molar refractivity (Wildman–Crippen MR) is 89.3 cm³/mol. The number of para-hydroxylation sites is 1. The molecule has 22 heavy (non-hydrogen) atoms. The largest absolute Gasteiger partial charge is 0.504 e. The normalized spacial score (nSPS) is 10.8. The van der Waals surface area contributed by atoms with Gasteiger partial charge in [-0.15, -0.1) is 0 Å². The molecule has 0 aliphatic rings. The van der Waals surface area contributed by atoms with Gasteiger partial charge in [0.05, 0.1) is 11.4 Å². The summed E-state index contributed by atoms with van der Waals surface area (Å²) in [4.78, 5) is 0. The zero-order chi connectivity index (χ0) is 15.4. The monoisotopic (exact) mass is 292 g/mol. The third-order valence-electron chi connectivity index (χ3n) is 3.77. The van der Waals surface area contributed by atoms with Gasteiger partial charge in [-0.3, -0.25) is 0 Å². The Morgan fingerprint density at radius 3 is 2.23 bits per heavy atom. The number of nitrogens with zero attached hydrogens (tertiary/aromatic N) is 2. The lowest BCUT2D eigenvalue weighted by atomic mass is 10.1. The van der Waals surface area contributed by atoms with E-state index in [0.29, 0.717) is 11.4 Å². The van der Waals surface area contributed by atoms with E-state index < -0.39 is 0 Å². The Labute approximate surface area is 130 Å². The molecule has 1 heterocycles. The SMILES string of the molecule is CCCCc1c(O)c(-c2ccccc2)nn1-c1ccccc1. The van der Waals surface area contributed by atoms with Crippen LogP contribution in [-0.4, -0.2) is 14.9 Å². The number of hydrogen-bond acceptors (Lipinski definition) is 2. The quantitative estimate of drug-likeness (QED) is 0.747. The number of hydrogen-bond donors (Lipinski definition) is 1. The minimum absolute atomic E-state index is 0.295. The molecule has 0 spiro atoms. The summed E-state index contributed by atoms with van der Waals surface area (Å²) in [6.07, 6.45) is 2.93. The van der Waals surface area contributed by atoms with Crippen LogP contribution in [0.2, 0.25) is 0 Å². The summed E-state index contributed by atoms with van der Waals surface area (Å²) < 4.78 is 1.87. The van der Waals surface area contributed by atoms with Crippen LogP contribution in [0.1, 0.15) is 25.5 Å². The van der Waals surface area contributed by atoms with Crippen molar-refractivity contribution < 1.29 is 5.11 Å². The summed E-state index contributed by atoms with van der Waals surface area (Å²) in [5.41, 5.74) is 3.45. The lowest BCUT2D eigenvalue weighted by Gasteiger charge is -2.06. The zero-order valence-electron chi connectivity index (χ0n) is 12.7. The molecule has 3 aromatic rings. The van der Waals surface area contributed by atoms with Gasteiger partial charge < -0.3 is 5.11 Å². The summed E-state index contributed by atoms with van der Waals surface area (Å²) in [5, 5.41) is 15.3. The smallest absolute Gasteiger partial charge is 0.165 e. The Hall–Kier alpha value is -2.55. The lowest BCUT2D eigenvalue weighted by Crippen LogP contribution is -2.02. The first-order valence-corrected chi connectivity index (χ1v) is 7.73. The molecule has 0 unspecified atom stereocenters. The fourth-order valence-electron chi connectivity index (χ4n) is 2.59. The summed E-state index contributed by atoms with van der Waals surface area (Å²) in [6, 6.07) is 19.8. The molecule has 0 saturated heterocycles. The van der Waals surface area contributed by atoms with Gasteiger partial charge in [-0.05, 0) is 25.0 Å². The molecule has 3 nitrogen and oxygen atoms in total. The van der Waals surface area contributed by atoms with Crippen molar-refractivity contribution >= 4 is 0 Å². The van der Waals surface area contributed by atoms with Crippen molar-refractivity contribution in [1.29, 1.82) is 0 Å². The van der Waals surface area contributed by atoms with Crippen molar-refractivity contribution in [2.75, 3.05) is 0 Å². The second-order valence-corrected chi connectivity index (χ2v) is 5.36. The van der Waals surface area contributed by atoms with Gasteiger partial charge >= 0.3 is 0 Å². The summed E-state index contributed by atoms with van der Waals surface area (Å²) in [6.45, 7) is 2.15. The topological polar surface area (TPSA) is 38.1 Å². The van der Waals surface area contributed by atoms with Gasteiger partial charge in [0, 0.05) is 5.56 Å². The highest BCUT2D eigenvalue weighted by atomic mass is 16.3. The first kappa shape index (κ1) is 14.4. The fourth-order valence-corrected chi connectivity index (χ4v) is 2.59. The van der Waals surface area contributed by atoms with E-state index >= 15 is 0 Å².